The Morgan fingerprint density at radius 3 is 2.31 bits per heavy atom. The van der Waals surface area contributed by atoms with E-state index in [4.69, 9.17) is 21.1 Å². The first kappa shape index (κ1) is 20.1. The first-order valence-electron chi connectivity index (χ1n) is 9.04. The molecule has 0 bridgehead atoms. The standard InChI is InChI=1S/C21H26ClNO3/c1-3-20(26-19-13-9-17(22)10-14-19)21(24)23-15-5-6-16-7-11-18(12-8-16)25-4-2/h7-14,20H,3-6,15H2,1-2H3,(H,23,24)/t20-/m0/s1. The Kier molecular flexibility index (Phi) is 8.29. The van der Waals surface area contributed by atoms with E-state index in [0.29, 0.717) is 30.3 Å². The summed E-state index contributed by atoms with van der Waals surface area (Å²) in [5, 5.41) is 3.60. The fourth-order valence-electron chi connectivity index (χ4n) is 2.54. The van der Waals surface area contributed by atoms with E-state index < -0.39 is 6.10 Å². The predicted molar refractivity (Wildman–Crippen MR) is 105 cm³/mol. The van der Waals surface area contributed by atoms with E-state index in [1.807, 2.05) is 26.0 Å². The van der Waals surface area contributed by atoms with Crippen LogP contribution in [0.4, 0.5) is 0 Å². The number of aryl methyl sites for hydroxylation is 1. The predicted octanol–water partition coefficient (Wildman–Crippen LogP) is 4.65. The number of halogens is 1. The third kappa shape index (κ3) is 6.60. The summed E-state index contributed by atoms with van der Waals surface area (Å²) in [6.07, 6.45) is 1.88. The second-order valence-electron chi connectivity index (χ2n) is 5.94. The van der Waals surface area contributed by atoms with Crippen molar-refractivity contribution in [3.05, 3.63) is 59.1 Å². The van der Waals surface area contributed by atoms with Crippen molar-refractivity contribution in [2.75, 3.05) is 13.2 Å². The number of rotatable bonds is 10. The van der Waals surface area contributed by atoms with Crippen molar-refractivity contribution in [1.29, 1.82) is 0 Å². The van der Waals surface area contributed by atoms with Gasteiger partial charge in [-0.3, -0.25) is 4.79 Å². The normalized spacial score (nSPS) is 11.7. The topological polar surface area (TPSA) is 47.6 Å². The zero-order valence-corrected chi connectivity index (χ0v) is 16.1. The monoisotopic (exact) mass is 375 g/mol. The number of carbonyl (C=O) groups is 1. The minimum absolute atomic E-state index is 0.0888. The molecule has 0 saturated heterocycles. The second-order valence-corrected chi connectivity index (χ2v) is 6.38. The van der Waals surface area contributed by atoms with E-state index in [-0.39, 0.29) is 5.91 Å². The second kappa shape index (κ2) is 10.7. The molecule has 140 valence electrons. The zero-order valence-electron chi connectivity index (χ0n) is 15.3. The number of nitrogens with one attached hydrogen (secondary N) is 1. The summed E-state index contributed by atoms with van der Waals surface area (Å²) in [6.45, 7) is 5.19. The molecule has 0 fully saturated rings. The highest BCUT2D eigenvalue weighted by Gasteiger charge is 2.17. The summed E-state index contributed by atoms with van der Waals surface area (Å²) in [7, 11) is 0. The molecule has 0 aliphatic rings. The minimum Gasteiger partial charge on any atom is -0.494 e. The molecule has 0 aromatic heterocycles. The van der Waals surface area contributed by atoms with Crippen LogP contribution in [0.25, 0.3) is 0 Å². The van der Waals surface area contributed by atoms with Gasteiger partial charge in [0, 0.05) is 11.6 Å². The van der Waals surface area contributed by atoms with E-state index in [0.717, 1.165) is 18.6 Å². The van der Waals surface area contributed by atoms with Gasteiger partial charge in [-0.05, 0) is 68.1 Å². The summed E-state index contributed by atoms with van der Waals surface area (Å²) in [5.74, 6) is 1.44. The molecule has 1 atom stereocenters. The fraction of sp³-hybridized carbons (Fsp3) is 0.381. The van der Waals surface area contributed by atoms with Gasteiger partial charge in [0.1, 0.15) is 11.5 Å². The lowest BCUT2D eigenvalue weighted by Gasteiger charge is -2.17. The fourth-order valence-corrected chi connectivity index (χ4v) is 2.66. The molecule has 0 saturated carbocycles. The van der Waals surface area contributed by atoms with Crippen molar-refractivity contribution < 1.29 is 14.3 Å². The first-order valence-corrected chi connectivity index (χ1v) is 9.41. The highest BCUT2D eigenvalue weighted by atomic mass is 35.5. The smallest absolute Gasteiger partial charge is 0.261 e. The van der Waals surface area contributed by atoms with Crippen LogP contribution in [0, 0.1) is 0 Å². The molecule has 2 rings (SSSR count). The Morgan fingerprint density at radius 1 is 1.04 bits per heavy atom. The quantitative estimate of drug-likeness (QED) is 0.615. The lowest BCUT2D eigenvalue weighted by atomic mass is 10.1. The maximum atomic E-state index is 12.3. The number of carbonyl (C=O) groups excluding carboxylic acids is 1. The summed E-state index contributed by atoms with van der Waals surface area (Å²) in [5.41, 5.74) is 1.23. The summed E-state index contributed by atoms with van der Waals surface area (Å²) in [4.78, 5) is 12.3. The lowest BCUT2D eigenvalue weighted by Crippen LogP contribution is -2.38. The maximum Gasteiger partial charge on any atom is 0.261 e. The van der Waals surface area contributed by atoms with E-state index in [1.54, 1.807) is 24.3 Å². The third-order valence-corrected chi connectivity index (χ3v) is 4.18. The Morgan fingerprint density at radius 2 is 1.69 bits per heavy atom. The molecule has 26 heavy (non-hydrogen) atoms. The van der Waals surface area contributed by atoms with E-state index in [1.165, 1.54) is 5.56 Å². The number of hydrogen-bond acceptors (Lipinski definition) is 3. The highest BCUT2D eigenvalue weighted by Crippen LogP contribution is 2.18. The Hall–Kier alpha value is -2.20. The Bertz CT molecular complexity index is 671. The van der Waals surface area contributed by atoms with Gasteiger partial charge in [-0.1, -0.05) is 30.7 Å². The molecule has 1 amide bonds. The summed E-state index contributed by atoms with van der Waals surface area (Å²) in [6, 6.07) is 15.1. The zero-order chi connectivity index (χ0) is 18.8. The summed E-state index contributed by atoms with van der Waals surface area (Å²) < 4.78 is 11.2. The average molecular weight is 376 g/mol. The van der Waals surface area contributed by atoms with Crippen LogP contribution in [0.15, 0.2) is 48.5 Å². The van der Waals surface area contributed by atoms with Crippen molar-refractivity contribution in [3.8, 4) is 11.5 Å². The van der Waals surface area contributed by atoms with Crippen LogP contribution in [0.5, 0.6) is 11.5 Å². The minimum atomic E-state index is -0.498. The van der Waals surface area contributed by atoms with Crippen molar-refractivity contribution in [1.82, 2.24) is 5.32 Å². The van der Waals surface area contributed by atoms with Gasteiger partial charge in [-0.25, -0.2) is 0 Å². The van der Waals surface area contributed by atoms with Gasteiger partial charge in [-0.15, -0.1) is 0 Å². The van der Waals surface area contributed by atoms with Crippen LogP contribution in [-0.2, 0) is 11.2 Å². The van der Waals surface area contributed by atoms with Crippen molar-refractivity contribution in [2.45, 2.75) is 39.2 Å². The molecular weight excluding hydrogens is 350 g/mol. The molecule has 0 spiro atoms. The SMILES string of the molecule is CCOc1ccc(CCCNC(=O)[C@H](CC)Oc2ccc(Cl)cc2)cc1. The van der Waals surface area contributed by atoms with Crippen LogP contribution in [0.3, 0.4) is 0 Å². The molecule has 0 aliphatic carbocycles. The first-order chi connectivity index (χ1) is 12.6. The molecule has 2 aromatic carbocycles. The van der Waals surface area contributed by atoms with Crippen LogP contribution >= 0.6 is 11.6 Å². The van der Waals surface area contributed by atoms with Gasteiger partial charge in [0.2, 0.25) is 0 Å². The maximum absolute atomic E-state index is 12.3. The molecular formula is C21H26ClNO3. The molecule has 2 aromatic rings. The van der Waals surface area contributed by atoms with Crippen LogP contribution in [0.1, 0.15) is 32.3 Å². The Labute approximate surface area is 160 Å². The number of amides is 1. The summed E-state index contributed by atoms with van der Waals surface area (Å²) >= 11 is 5.86. The van der Waals surface area contributed by atoms with E-state index >= 15 is 0 Å². The van der Waals surface area contributed by atoms with Crippen LogP contribution in [0.2, 0.25) is 5.02 Å². The molecule has 1 N–H and O–H groups in total. The number of hydrogen-bond donors (Lipinski definition) is 1. The van der Waals surface area contributed by atoms with Gasteiger partial charge in [0.15, 0.2) is 6.10 Å². The van der Waals surface area contributed by atoms with Gasteiger partial charge >= 0.3 is 0 Å². The largest absolute Gasteiger partial charge is 0.494 e. The van der Waals surface area contributed by atoms with Gasteiger partial charge in [0.25, 0.3) is 5.91 Å². The van der Waals surface area contributed by atoms with Crippen LogP contribution in [-0.4, -0.2) is 25.2 Å². The average Bonchev–Trinajstić information content (AvgIpc) is 2.66. The van der Waals surface area contributed by atoms with Crippen molar-refractivity contribution in [3.63, 3.8) is 0 Å². The molecule has 0 heterocycles. The van der Waals surface area contributed by atoms with Crippen molar-refractivity contribution in [2.24, 2.45) is 0 Å². The highest BCUT2D eigenvalue weighted by molar-refractivity contribution is 6.30. The van der Waals surface area contributed by atoms with Crippen molar-refractivity contribution >= 4 is 17.5 Å². The number of ether oxygens (including phenoxy) is 2. The van der Waals surface area contributed by atoms with E-state index in [2.05, 4.69) is 17.4 Å². The molecule has 0 unspecified atom stereocenters. The van der Waals surface area contributed by atoms with Gasteiger partial charge < -0.3 is 14.8 Å². The van der Waals surface area contributed by atoms with E-state index in [9.17, 15) is 4.79 Å². The van der Waals surface area contributed by atoms with Gasteiger partial charge in [0.05, 0.1) is 6.61 Å². The lowest BCUT2D eigenvalue weighted by molar-refractivity contribution is -0.128. The van der Waals surface area contributed by atoms with Crippen LogP contribution < -0.4 is 14.8 Å². The number of benzene rings is 2. The van der Waals surface area contributed by atoms with Gasteiger partial charge in [-0.2, -0.15) is 0 Å². The third-order valence-electron chi connectivity index (χ3n) is 3.93. The molecule has 0 radical (unpaired) electrons. The molecule has 4 nitrogen and oxygen atoms in total. The molecule has 5 heteroatoms. The Balaban J connectivity index is 1.73. The molecule has 0 aliphatic heterocycles.